The molecule has 0 fully saturated rings. The Morgan fingerprint density at radius 3 is 1.58 bits per heavy atom. The van der Waals surface area contributed by atoms with Crippen molar-refractivity contribution in [2.75, 3.05) is 0 Å². The summed E-state index contributed by atoms with van der Waals surface area (Å²) in [5.41, 5.74) is 5.00. The molecule has 0 bridgehead atoms. The number of hydrogen-bond donors (Lipinski definition) is 3. The Balaban J connectivity index is 0. The molecule has 0 aliphatic carbocycles. The van der Waals surface area contributed by atoms with Crippen molar-refractivity contribution in [2.24, 2.45) is 5.73 Å². The summed E-state index contributed by atoms with van der Waals surface area (Å²) in [5.74, 6) is -2.20. The van der Waals surface area contributed by atoms with Gasteiger partial charge in [0.15, 0.2) is 0 Å². The maximum absolute atomic E-state index is 10.8. The molecule has 6 nitrogen and oxygen atoms in total. The quantitative estimate of drug-likeness (QED) is 0.277. The largest absolute Gasteiger partial charge is 0.481 e. The van der Waals surface area contributed by atoms with E-state index in [2.05, 4.69) is 6.92 Å². The van der Waals surface area contributed by atoms with E-state index < -0.39 is 18.0 Å². The first-order chi connectivity index (χ1) is 12.3. The molecule has 0 amide bonds. The Morgan fingerprint density at radius 1 is 0.808 bits per heavy atom. The second kappa shape index (κ2) is 20.9. The summed E-state index contributed by atoms with van der Waals surface area (Å²) < 4.78 is 0.482. The number of aliphatic carboxylic acids is 2. The van der Waals surface area contributed by atoms with Crippen molar-refractivity contribution in [1.29, 1.82) is 0 Å². The topological polar surface area (TPSA) is 118 Å². The smallest absolute Gasteiger partial charge is 0.320 e. The molecule has 148 valence electrons. The van der Waals surface area contributed by atoms with Crippen LogP contribution in [0.15, 0.2) is 0 Å². The maximum atomic E-state index is 10.8. The Bertz CT molecular complexity index is 377. The second-order valence-electron chi connectivity index (χ2n) is 6.86. The van der Waals surface area contributed by atoms with Crippen LogP contribution in [0.3, 0.4) is 0 Å². The molecule has 0 spiro atoms. The van der Waals surface area contributed by atoms with Gasteiger partial charge in [0, 0.05) is 6.42 Å². The zero-order valence-electron chi connectivity index (χ0n) is 16.7. The number of carbonyl (C=O) groups is 3. The van der Waals surface area contributed by atoms with Crippen molar-refractivity contribution < 1.29 is 24.6 Å². The van der Waals surface area contributed by atoms with Gasteiger partial charge in [-0.1, -0.05) is 13.3 Å². The molecule has 1 unspecified atom stereocenters. The molecule has 0 aromatic carbocycles. The van der Waals surface area contributed by atoms with Crippen molar-refractivity contribution in [3.05, 3.63) is 0 Å². The monoisotopic (exact) mass is 381 g/mol. The summed E-state index contributed by atoms with van der Waals surface area (Å²) in [7, 11) is 0. The average Bonchev–Trinajstić information content (AvgIpc) is 2.57. The van der Waals surface area contributed by atoms with E-state index in [9.17, 15) is 14.4 Å². The van der Waals surface area contributed by atoms with Gasteiger partial charge in [-0.25, -0.2) is 0 Å². The fourth-order valence-corrected chi connectivity index (χ4v) is 2.79. The summed E-state index contributed by atoms with van der Waals surface area (Å²) in [4.78, 5) is 30.6. The van der Waals surface area contributed by atoms with Crippen LogP contribution in [0.4, 0.5) is 0 Å². The third kappa shape index (κ3) is 25.8. The zero-order chi connectivity index (χ0) is 20.2. The number of carboxylic acid groups (broad SMARTS) is 2. The van der Waals surface area contributed by atoms with E-state index >= 15 is 0 Å². The molecule has 4 N–H and O–H groups in total. The summed E-state index contributed by atoms with van der Waals surface area (Å²) in [6, 6.07) is -1.06. The van der Waals surface area contributed by atoms with E-state index in [1.807, 2.05) is 0 Å². The molecule has 0 saturated carbocycles. The van der Waals surface area contributed by atoms with E-state index in [1.54, 1.807) is 0 Å². The van der Waals surface area contributed by atoms with E-state index in [1.165, 1.54) is 64.2 Å². The molecule has 26 heavy (non-hydrogen) atoms. The zero-order valence-corrected chi connectivity index (χ0v) is 18.7. The molecule has 0 aromatic heterocycles. The summed E-state index contributed by atoms with van der Waals surface area (Å²) in [5, 5.41) is 16.3. The van der Waals surface area contributed by atoms with Crippen LogP contribution in [0.2, 0.25) is 0 Å². The van der Waals surface area contributed by atoms with Gasteiger partial charge < -0.3 is 15.9 Å². The van der Waals surface area contributed by atoms with E-state index in [0.717, 1.165) is 40.8 Å². The first-order valence-corrected chi connectivity index (χ1v) is 11.0. The number of nitrogens with two attached hydrogens (primary N) is 1. The molecule has 0 rings (SSSR count). The minimum Gasteiger partial charge on any atom is -0.481 e. The minimum atomic E-state index is -1.17. The average molecular weight is 381 g/mol. The second-order valence-corrected chi connectivity index (χ2v) is 7.98. The third-order valence-electron chi connectivity index (χ3n) is 4.12. The summed E-state index contributed by atoms with van der Waals surface area (Å²) >= 11 is 0.751. The molecule has 0 saturated heterocycles. The first-order valence-electron chi connectivity index (χ1n) is 10.0. The van der Waals surface area contributed by atoms with Crippen molar-refractivity contribution in [3.63, 3.8) is 0 Å². The number of hydrogen-bond acceptors (Lipinski definition) is 4. The minimum absolute atomic E-state index is 0.0231. The number of carbonyl (C=O) groups excluding carboxylic acids is 1. The molecule has 0 aliphatic rings. The van der Waals surface area contributed by atoms with Crippen LogP contribution in [0.1, 0.15) is 96.8 Å². The van der Waals surface area contributed by atoms with E-state index in [0.29, 0.717) is 3.03 Å². The number of rotatable bonds is 16. The van der Waals surface area contributed by atoms with Crippen LogP contribution in [-0.4, -0.2) is 59.2 Å². The molecule has 1 atom stereocenters. The van der Waals surface area contributed by atoms with Crippen molar-refractivity contribution in [1.82, 2.24) is 0 Å². The third-order valence-corrected chi connectivity index (χ3v) is 4.62. The molecule has 0 radical (unpaired) electrons. The van der Waals surface area contributed by atoms with Crippen molar-refractivity contribution in [3.8, 4) is 0 Å². The van der Waals surface area contributed by atoms with Gasteiger partial charge in [0.1, 0.15) is 6.04 Å². The number of carboxylic acids is 2. The van der Waals surface area contributed by atoms with Crippen LogP contribution in [-0.2, 0) is 14.4 Å². The van der Waals surface area contributed by atoms with Gasteiger partial charge in [0.2, 0.25) is 0 Å². The van der Waals surface area contributed by atoms with Gasteiger partial charge in [-0.15, -0.1) is 0 Å². The van der Waals surface area contributed by atoms with Gasteiger partial charge >= 0.3 is 118 Å². The van der Waals surface area contributed by atoms with Crippen LogP contribution < -0.4 is 5.73 Å². The van der Waals surface area contributed by atoms with Crippen molar-refractivity contribution in [2.45, 2.75) is 103 Å². The predicted octanol–water partition coefficient (Wildman–Crippen LogP) is 3.65. The Hall–Kier alpha value is -0.430. The van der Waals surface area contributed by atoms with Crippen LogP contribution in [0.25, 0.3) is 0 Å². The van der Waals surface area contributed by atoms with Crippen molar-refractivity contribution >= 4 is 42.9 Å². The first kappa shape index (κ1) is 27.8. The normalized spacial score (nSPS) is 11.4. The van der Waals surface area contributed by atoms with Gasteiger partial charge in [0.25, 0.3) is 0 Å². The van der Waals surface area contributed by atoms with Crippen LogP contribution >= 0.6 is 0 Å². The molecule has 0 heterocycles. The van der Waals surface area contributed by atoms with E-state index in [4.69, 9.17) is 15.9 Å². The molecule has 7 heteroatoms. The Morgan fingerprint density at radius 2 is 1.23 bits per heavy atom. The van der Waals surface area contributed by atoms with Gasteiger partial charge in [-0.2, -0.15) is 0 Å². The SMILES string of the molecule is CCCCCCCCCCCCC[C](=O)[Na].NC(CCC(=O)O)C(=O)O. The summed E-state index contributed by atoms with van der Waals surface area (Å²) in [6.45, 7) is 2.27. The Kier molecular flexibility index (Phi) is 22.3. The fourth-order valence-electron chi connectivity index (χ4n) is 2.44. The molecule has 0 aromatic rings. The fraction of sp³-hybridized carbons (Fsp3) is 0.842. The van der Waals surface area contributed by atoms with E-state index in [-0.39, 0.29) is 12.8 Å². The van der Waals surface area contributed by atoms with Gasteiger partial charge in [0.05, 0.1) is 0 Å². The molecular formula is C19H36NNaO5. The number of unbranched alkanes of at least 4 members (excludes halogenated alkanes) is 10. The van der Waals surface area contributed by atoms with Crippen LogP contribution in [0.5, 0.6) is 0 Å². The molecule has 0 aliphatic heterocycles. The molecular weight excluding hydrogens is 345 g/mol. The predicted molar refractivity (Wildman–Crippen MR) is 104 cm³/mol. The Labute approximate surface area is 175 Å². The van der Waals surface area contributed by atoms with Crippen LogP contribution in [0, 0.1) is 0 Å². The maximum Gasteiger partial charge on any atom is 0.320 e. The van der Waals surface area contributed by atoms with Gasteiger partial charge in [-0.3, -0.25) is 9.59 Å². The van der Waals surface area contributed by atoms with Gasteiger partial charge in [-0.05, 0) is 6.42 Å². The summed E-state index contributed by atoms with van der Waals surface area (Å²) in [6.07, 6.45) is 15.6. The standard InChI is InChI=1S/C14H27O.C5H9NO4.Na/c1-2-3-4-5-6-7-8-9-10-11-12-13-14-15;6-3(5(9)10)1-2-4(7)8;/h2-13H2,1H3;3H,1-2,6H2,(H,7,8)(H,9,10);.